The Hall–Kier alpha value is -0.120. The topological polar surface area (TPSA) is 24.5 Å². The zero-order valence-electron chi connectivity index (χ0n) is 12.4. The second-order valence-corrected chi connectivity index (χ2v) is 6.55. The molecule has 0 radical (unpaired) electrons. The minimum absolute atomic E-state index is 0.0423. The van der Waals surface area contributed by atoms with Gasteiger partial charge in [-0.2, -0.15) is 0 Å². The fourth-order valence-corrected chi connectivity index (χ4v) is 3.56. The molecule has 2 unspecified atom stereocenters. The second kappa shape index (κ2) is 6.36. The van der Waals surface area contributed by atoms with Crippen LogP contribution in [0.4, 0.5) is 0 Å². The van der Waals surface area contributed by atoms with Gasteiger partial charge in [0, 0.05) is 25.7 Å². The quantitative estimate of drug-likeness (QED) is 0.833. The highest BCUT2D eigenvalue weighted by Crippen LogP contribution is 2.27. The summed E-state index contributed by atoms with van der Waals surface area (Å²) in [6, 6.07) is 0.745. The SMILES string of the molecule is CCNC1CCCCC1CN1CCOC(C)(C)C1. The van der Waals surface area contributed by atoms with Gasteiger partial charge in [0.25, 0.3) is 0 Å². The number of hydrogen-bond acceptors (Lipinski definition) is 3. The molecule has 106 valence electrons. The molecule has 1 saturated heterocycles. The van der Waals surface area contributed by atoms with Crippen LogP contribution in [0, 0.1) is 5.92 Å². The Morgan fingerprint density at radius 1 is 1.28 bits per heavy atom. The molecule has 0 spiro atoms. The number of hydrogen-bond donors (Lipinski definition) is 1. The molecule has 0 bridgehead atoms. The van der Waals surface area contributed by atoms with Gasteiger partial charge in [-0.15, -0.1) is 0 Å². The average Bonchev–Trinajstić information content (AvgIpc) is 2.31. The smallest absolute Gasteiger partial charge is 0.0753 e. The third-order valence-corrected chi connectivity index (χ3v) is 4.37. The molecule has 3 heteroatoms. The number of nitrogens with one attached hydrogen (secondary N) is 1. The van der Waals surface area contributed by atoms with Crippen molar-refractivity contribution in [2.45, 2.75) is 58.1 Å². The van der Waals surface area contributed by atoms with Crippen LogP contribution in [-0.2, 0) is 4.74 Å². The summed E-state index contributed by atoms with van der Waals surface area (Å²) in [6.45, 7) is 12.1. The van der Waals surface area contributed by atoms with Crippen LogP contribution in [0.1, 0.15) is 46.5 Å². The molecule has 2 aliphatic rings. The van der Waals surface area contributed by atoms with E-state index < -0.39 is 0 Å². The van der Waals surface area contributed by atoms with Crippen molar-refractivity contribution in [2.75, 3.05) is 32.8 Å². The lowest BCUT2D eigenvalue weighted by molar-refractivity contribution is -0.0907. The first-order chi connectivity index (χ1) is 8.61. The first-order valence-corrected chi connectivity index (χ1v) is 7.70. The third kappa shape index (κ3) is 3.94. The van der Waals surface area contributed by atoms with Gasteiger partial charge in [0.1, 0.15) is 0 Å². The maximum absolute atomic E-state index is 5.80. The van der Waals surface area contributed by atoms with Gasteiger partial charge in [0.2, 0.25) is 0 Å². The Morgan fingerprint density at radius 2 is 2.06 bits per heavy atom. The van der Waals surface area contributed by atoms with Crippen LogP contribution in [0.3, 0.4) is 0 Å². The summed E-state index contributed by atoms with van der Waals surface area (Å²) in [5, 5.41) is 3.69. The minimum atomic E-state index is 0.0423. The molecule has 0 aromatic heterocycles. The van der Waals surface area contributed by atoms with Crippen molar-refractivity contribution in [1.29, 1.82) is 0 Å². The van der Waals surface area contributed by atoms with Crippen molar-refractivity contribution < 1.29 is 4.74 Å². The van der Waals surface area contributed by atoms with Crippen LogP contribution in [0.5, 0.6) is 0 Å². The van der Waals surface area contributed by atoms with E-state index in [2.05, 4.69) is 31.0 Å². The monoisotopic (exact) mass is 254 g/mol. The minimum Gasteiger partial charge on any atom is -0.373 e. The summed E-state index contributed by atoms with van der Waals surface area (Å²) < 4.78 is 5.80. The van der Waals surface area contributed by atoms with Crippen LogP contribution in [0.15, 0.2) is 0 Å². The first-order valence-electron chi connectivity index (χ1n) is 7.70. The molecule has 18 heavy (non-hydrogen) atoms. The van der Waals surface area contributed by atoms with Crippen LogP contribution >= 0.6 is 0 Å². The maximum atomic E-state index is 5.80. The molecule has 2 atom stereocenters. The summed E-state index contributed by atoms with van der Waals surface area (Å²) in [4.78, 5) is 2.61. The standard InChI is InChI=1S/C15H30N2O/c1-4-16-14-8-6-5-7-13(14)11-17-9-10-18-15(2,3)12-17/h13-14,16H,4-12H2,1-3H3. The molecule has 1 N–H and O–H groups in total. The van der Waals surface area contributed by atoms with Crippen molar-refractivity contribution in [1.82, 2.24) is 10.2 Å². The van der Waals surface area contributed by atoms with Crippen LogP contribution in [0.25, 0.3) is 0 Å². The van der Waals surface area contributed by atoms with E-state index in [1.54, 1.807) is 0 Å². The van der Waals surface area contributed by atoms with Crippen LogP contribution < -0.4 is 5.32 Å². The van der Waals surface area contributed by atoms with Gasteiger partial charge >= 0.3 is 0 Å². The number of nitrogens with zero attached hydrogens (tertiary/aromatic N) is 1. The Balaban J connectivity index is 1.86. The van der Waals surface area contributed by atoms with Crippen molar-refractivity contribution in [3.05, 3.63) is 0 Å². The van der Waals surface area contributed by atoms with Crippen molar-refractivity contribution in [3.63, 3.8) is 0 Å². The Bertz CT molecular complexity index is 253. The van der Waals surface area contributed by atoms with E-state index in [9.17, 15) is 0 Å². The van der Waals surface area contributed by atoms with E-state index in [1.165, 1.54) is 32.2 Å². The summed E-state index contributed by atoms with van der Waals surface area (Å²) in [7, 11) is 0. The molecule has 3 nitrogen and oxygen atoms in total. The van der Waals surface area contributed by atoms with Crippen LogP contribution in [0.2, 0.25) is 0 Å². The molecule has 1 heterocycles. The highest BCUT2D eigenvalue weighted by molar-refractivity contribution is 4.86. The Morgan fingerprint density at radius 3 is 2.78 bits per heavy atom. The summed E-state index contributed by atoms with van der Waals surface area (Å²) >= 11 is 0. The highest BCUT2D eigenvalue weighted by atomic mass is 16.5. The largest absolute Gasteiger partial charge is 0.373 e. The highest BCUT2D eigenvalue weighted by Gasteiger charge is 2.31. The summed E-state index contributed by atoms with van der Waals surface area (Å²) in [5.74, 6) is 0.840. The van der Waals surface area contributed by atoms with Gasteiger partial charge in [-0.1, -0.05) is 19.8 Å². The van der Waals surface area contributed by atoms with Gasteiger partial charge in [0.05, 0.1) is 12.2 Å². The van der Waals surface area contributed by atoms with Gasteiger partial charge < -0.3 is 10.1 Å². The molecule has 0 amide bonds. The third-order valence-electron chi connectivity index (χ3n) is 4.37. The predicted octanol–water partition coefficient (Wildman–Crippen LogP) is 2.27. The van der Waals surface area contributed by atoms with E-state index in [-0.39, 0.29) is 5.60 Å². The lowest BCUT2D eigenvalue weighted by Crippen LogP contribution is -2.52. The normalized spacial score (nSPS) is 33.5. The molecule has 0 aromatic carbocycles. The average molecular weight is 254 g/mol. The molecular formula is C15H30N2O. The second-order valence-electron chi connectivity index (χ2n) is 6.55. The molecular weight excluding hydrogens is 224 g/mol. The fraction of sp³-hybridized carbons (Fsp3) is 1.00. The number of ether oxygens (including phenoxy) is 1. The number of rotatable bonds is 4. The Kier molecular flexibility index (Phi) is 5.05. The van der Waals surface area contributed by atoms with Gasteiger partial charge in [0.15, 0.2) is 0 Å². The summed E-state index contributed by atoms with van der Waals surface area (Å²) in [6.07, 6.45) is 5.59. The van der Waals surface area contributed by atoms with Gasteiger partial charge in [-0.05, 0) is 39.2 Å². The van der Waals surface area contributed by atoms with Crippen molar-refractivity contribution in [2.24, 2.45) is 5.92 Å². The Labute approximate surface area is 112 Å². The first kappa shape index (κ1) is 14.3. The lowest BCUT2D eigenvalue weighted by atomic mass is 9.83. The molecule has 1 saturated carbocycles. The molecule has 0 aromatic rings. The molecule has 2 rings (SSSR count). The molecule has 1 aliphatic heterocycles. The van der Waals surface area contributed by atoms with Crippen molar-refractivity contribution >= 4 is 0 Å². The van der Waals surface area contributed by atoms with E-state index in [1.807, 2.05) is 0 Å². The zero-order valence-corrected chi connectivity index (χ0v) is 12.4. The van der Waals surface area contributed by atoms with Gasteiger partial charge in [-0.25, -0.2) is 0 Å². The maximum Gasteiger partial charge on any atom is 0.0753 e. The van der Waals surface area contributed by atoms with E-state index >= 15 is 0 Å². The van der Waals surface area contributed by atoms with E-state index in [0.29, 0.717) is 0 Å². The van der Waals surface area contributed by atoms with E-state index in [4.69, 9.17) is 4.74 Å². The summed E-state index contributed by atoms with van der Waals surface area (Å²) in [5.41, 5.74) is 0.0423. The molecule has 1 aliphatic carbocycles. The lowest BCUT2D eigenvalue weighted by Gasteiger charge is -2.42. The van der Waals surface area contributed by atoms with Gasteiger partial charge in [-0.3, -0.25) is 4.90 Å². The van der Waals surface area contributed by atoms with Crippen molar-refractivity contribution in [3.8, 4) is 0 Å². The zero-order chi connectivity index (χ0) is 13.0. The predicted molar refractivity (Wildman–Crippen MR) is 75.9 cm³/mol. The fourth-order valence-electron chi connectivity index (χ4n) is 3.56. The number of morpholine rings is 1. The van der Waals surface area contributed by atoms with Crippen LogP contribution in [-0.4, -0.2) is 49.3 Å². The molecule has 2 fully saturated rings. The van der Waals surface area contributed by atoms with E-state index in [0.717, 1.165) is 38.2 Å².